The lowest BCUT2D eigenvalue weighted by Crippen LogP contribution is -2.47. The Morgan fingerprint density at radius 3 is 2.00 bits per heavy atom. The van der Waals surface area contributed by atoms with Gasteiger partial charge in [-0.3, -0.25) is 9.69 Å². The Morgan fingerprint density at radius 1 is 1.05 bits per heavy atom. The first-order chi connectivity index (χ1) is 9.49. The minimum Gasteiger partial charge on any atom is -0.480 e. The van der Waals surface area contributed by atoms with Gasteiger partial charge in [0.25, 0.3) is 0 Å². The summed E-state index contributed by atoms with van der Waals surface area (Å²) in [6.07, 6.45) is 0. The summed E-state index contributed by atoms with van der Waals surface area (Å²) in [4.78, 5) is 15.9. The van der Waals surface area contributed by atoms with Gasteiger partial charge in [0.1, 0.15) is 6.04 Å². The Hall–Kier alpha value is -1.39. The summed E-state index contributed by atoms with van der Waals surface area (Å²) in [5.74, 6) is -0.289. The van der Waals surface area contributed by atoms with Gasteiger partial charge < -0.3 is 10.0 Å². The maximum atomic E-state index is 11.6. The van der Waals surface area contributed by atoms with Gasteiger partial charge in [-0.05, 0) is 24.1 Å². The third-order valence-corrected chi connectivity index (χ3v) is 4.06. The number of hydrogen-bond donors (Lipinski definition) is 1. The van der Waals surface area contributed by atoms with E-state index < -0.39 is 12.0 Å². The second kappa shape index (κ2) is 6.37. The average molecular weight is 276 g/mol. The minimum absolute atomic E-state index is 0.468. The fourth-order valence-corrected chi connectivity index (χ4v) is 2.65. The number of carbonyl (C=O) groups is 1. The Bertz CT molecular complexity index is 448. The van der Waals surface area contributed by atoms with Crippen LogP contribution in [0.15, 0.2) is 24.3 Å². The van der Waals surface area contributed by atoms with Gasteiger partial charge in [0.15, 0.2) is 0 Å². The fourth-order valence-electron chi connectivity index (χ4n) is 2.65. The van der Waals surface area contributed by atoms with Crippen molar-refractivity contribution < 1.29 is 9.90 Å². The zero-order valence-corrected chi connectivity index (χ0v) is 12.5. The van der Waals surface area contributed by atoms with E-state index in [9.17, 15) is 9.90 Å². The molecule has 110 valence electrons. The summed E-state index contributed by atoms with van der Waals surface area (Å²) in [7, 11) is 2.07. The van der Waals surface area contributed by atoms with E-state index in [0.29, 0.717) is 5.92 Å². The van der Waals surface area contributed by atoms with Crippen molar-refractivity contribution in [2.45, 2.75) is 25.8 Å². The van der Waals surface area contributed by atoms with Crippen molar-refractivity contribution in [2.75, 3.05) is 33.2 Å². The SMILES string of the molecule is CC(C)c1ccc(C(C(=O)O)N2CCN(C)CC2)cc1. The first-order valence-corrected chi connectivity index (χ1v) is 7.24. The van der Waals surface area contributed by atoms with E-state index in [1.165, 1.54) is 5.56 Å². The molecule has 1 fully saturated rings. The summed E-state index contributed by atoms with van der Waals surface area (Å²) >= 11 is 0. The van der Waals surface area contributed by atoms with Crippen molar-refractivity contribution in [1.29, 1.82) is 0 Å². The van der Waals surface area contributed by atoms with E-state index in [2.05, 4.69) is 30.7 Å². The Kier molecular flexibility index (Phi) is 4.78. The molecule has 1 aromatic carbocycles. The molecule has 0 saturated carbocycles. The molecule has 1 aromatic rings. The summed E-state index contributed by atoms with van der Waals surface area (Å²) in [5, 5.41) is 9.57. The average Bonchev–Trinajstić information content (AvgIpc) is 2.41. The number of benzene rings is 1. The highest BCUT2D eigenvalue weighted by molar-refractivity contribution is 5.75. The van der Waals surface area contributed by atoms with Crippen molar-refractivity contribution in [1.82, 2.24) is 9.80 Å². The molecule has 1 N–H and O–H groups in total. The van der Waals surface area contributed by atoms with Crippen LogP contribution in [0.5, 0.6) is 0 Å². The molecule has 0 bridgehead atoms. The molecule has 20 heavy (non-hydrogen) atoms. The van der Waals surface area contributed by atoms with Gasteiger partial charge in [0.05, 0.1) is 0 Å². The third kappa shape index (κ3) is 3.38. The van der Waals surface area contributed by atoms with Crippen molar-refractivity contribution in [3.05, 3.63) is 35.4 Å². The molecule has 0 aliphatic carbocycles. The predicted molar refractivity (Wildman–Crippen MR) is 80.0 cm³/mol. The van der Waals surface area contributed by atoms with Crippen LogP contribution in [0, 0.1) is 0 Å². The van der Waals surface area contributed by atoms with Crippen molar-refractivity contribution in [3.8, 4) is 0 Å². The second-order valence-corrected chi connectivity index (χ2v) is 5.90. The van der Waals surface area contributed by atoms with Gasteiger partial charge in [-0.1, -0.05) is 38.1 Å². The van der Waals surface area contributed by atoms with Gasteiger partial charge in [-0.2, -0.15) is 0 Å². The van der Waals surface area contributed by atoms with Crippen molar-refractivity contribution in [2.24, 2.45) is 0 Å². The summed E-state index contributed by atoms with van der Waals surface area (Å²) in [5.41, 5.74) is 2.13. The Balaban J connectivity index is 2.18. The number of carboxylic acids is 1. The smallest absolute Gasteiger partial charge is 0.325 e. The molecule has 1 heterocycles. The summed E-state index contributed by atoms with van der Waals surface area (Å²) in [6.45, 7) is 7.74. The lowest BCUT2D eigenvalue weighted by Gasteiger charge is -2.36. The van der Waals surface area contributed by atoms with E-state index in [4.69, 9.17) is 0 Å². The van der Waals surface area contributed by atoms with Gasteiger partial charge in [0, 0.05) is 26.2 Å². The highest BCUT2D eigenvalue weighted by Gasteiger charge is 2.29. The molecule has 0 amide bonds. The maximum Gasteiger partial charge on any atom is 0.325 e. The molecule has 1 aliphatic heterocycles. The Morgan fingerprint density at radius 2 is 1.55 bits per heavy atom. The standard InChI is InChI=1S/C16H24N2O2/c1-12(2)13-4-6-14(7-5-13)15(16(19)20)18-10-8-17(3)9-11-18/h4-7,12,15H,8-11H2,1-3H3,(H,19,20). The van der Waals surface area contributed by atoms with E-state index in [0.717, 1.165) is 31.7 Å². The quantitative estimate of drug-likeness (QED) is 0.915. The molecule has 0 spiro atoms. The molecule has 2 rings (SSSR count). The number of likely N-dealkylation sites (N-methyl/N-ethyl adjacent to an activating group) is 1. The topological polar surface area (TPSA) is 43.8 Å². The third-order valence-electron chi connectivity index (χ3n) is 4.06. The molecule has 1 atom stereocenters. The van der Waals surface area contributed by atoms with Gasteiger partial charge in [0.2, 0.25) is 0 Å². The number of hydrogen-bond acceptors (Lipinski definition) is 3. The van der Waals surface area contributed by atoms with Crippen LogP contribution >= 0.6 is 0 Å². The van der Waals surface area contributed by atoms with Crippen LogP contribution in [0.25, 0.3) is 0 Å². The highest BCUT2D eigenvalue weighted by atomic mass is 16.4. The number of carboxylic acid groups (broad SMARTS) is 1. The normalized spacial score (nSPS) is 19.2. The van der Waals surface area contributed by atoms with Gasteiger partial charge in [-0.15, -0.1) is 0 Å². The van der Waals surface area contributed by atoms with Gasteiger partial charge >= 0.3 is 5.97 Å². The maximum absolute atomic E-state index is 11.6. The summed E-state index contributed by atoms with van der Waals surface area (Å²) < 4.78 is 0. The number of rotatable bonds is 4. The number of piperazine rings is 1. The first-order valence-electron chi connectivity index (χ1n) is 7.24. The van der Waals surface area contributed by atoms with Crippen LogP contribution in [0.1, 0.15) is 36.9 Å². The molecular formula is C16H24N2O2. The van der Waals surface area contributed by atoms with E-state index in [-0.39, 0.29) is 0 Å². The molecule has 1 unspecified atom stereocenters. The van der Waals surface area contributed by atoms with E-state index in [1.807, 2.05) is 24.3 Å². The highest BCUT2D eigenvalue weighted by Crippen LogP contribution is 2.24. The van der Waals surface area contributed by atoms with Crippen LogP contribution in [-0.2, 0) is 4.79 Å². The Labute approximate surface area is 121 Å². The molecule has 0 radical (unpaired) electrons. The predicted octanol–water partition coefficient (Wildman–Crippen LogP) is 2.18. The van der Waals surface area contributed by atoms with Crippen LogP contribution in [0.4, 0.5) is 0 Å². The molecule has 4 nitrogen and oxygen atoms in total. The van der Waals surface area contributed by atoms with Gasteiger partial charge in [-0.25, -0.2) is 0 Å². The van der Waals surface area contributed by atoms with Crippen molar-refractivity contribution in [3.63, 3.8) is 0 Å². The van der Waals surface area contributed by atoms with Crippen LogP contribution in [0.3, 0.4) is 0 Å². The molecule has 4 heteroatoms. The lowest BCUT2D eigenvalue weighted by atomic mass is 9.98. The molecular weight excluding hydrogens is 252 g/mol. The monoisotopic (exact) mass is 276 g/mol. The first kappa shape index (κ1) is 15.0. The molecule has 1 aliphatic rings. The lowest BCUT2D eigenvalue weighted by molar-refractivity contribution is -0.144. The largest absolute Gasteiger partial charge is 0.480 e. The summed E-state index contributed by atoms with van der Waals surface area (Å²) in [6, 6.07) is 7.50. The zero-order chi connectivity index (χ0) is 14.7. The van der Waals surface area contributed by atoms with E-state index in [1.54, 1.807) is 0 Å². The van der Waals surface area contributed by atoms with Crippen LogP contribution in [0.2, 0.25) is 0 Å². The number of aliphatic carboxylic acids is 1. The second-order valence-electron chi connectivity index (χ2n) is 5.90. The van der Waals surface area contributed by atoms with Crippen LogP contribution in [-0.4, -0.2) is 54.1 Å². The zero-order valence-electron chi connectivity index (χ0n) is 12.5. The number of nitrogens with zero attached hydrogens (tertiary/aromatic N) is 2. The van der Waals surface area contributed by atoms with Crippen LogP contribution < -0.4 is 0 Å². The van der Waals surface area contributed by atoms with Crippen molar-refractivity contribution >= 4 is 5.97 Å². The minimum atomic E-state index is -0.758. The van der Waals surface area contributed by atoms with E-state index >= 15 is 0 Å². The fraction of sp³-hybridized carbons (Fsp3) is 0.562. The molecule has 1 saturated heterocycles. The molecule has 0 aromatic heterocycles.